The van der Waals surface area contributed by atoms with Crippen LogP contribution in [0.3, 0.4) is 0 Å². The number of nitrogens with two attached hydrogens (primary N) is 1. The first-order valence-electron chi connectivity index (χ1n) is 3.37. The van der Waals surface area contributed by atoms with Crippen LogP contribution in [0.1, 0.15) is 12.1 Å². The maximum Gasteiger partial charge on any atom is 0.284 e. The van der Waals surface area contributed by atoms with E-state index >= 15 is 0 Å². The number of nitrogens with zero attached hydrogens (tertiary/aromatic N) is 3. The molecule has 0 aliphatic carbocycles. The van der Waals surface area contributed by atoms with Gasteiger partial charge in [0.1, 0.15) is 5.69 Å². The molecule has 1 heterocycles. The third kappa shape index (κ3) is 1.81. The van der Waals surface area contributed by atoms with Crippen molar-refractivity contribution < 1.29 is 13.6 Å². The highest BCUT2D eigenvalue weighted by Gasteiger charge is 2.20. The molecule has 0 atom stereocenters. The molecule has 1 rings (SSSR count). The van der Waals surface area contributed by atoms with E-state index in [2.05, 4.69) is 5.10 Å². The summed E-state index contributed by atoms with van der Waals surface area (Å²) in [5.74, 6) is 5.12. The Morgan fingerprint density at radius 1 is 1.77 bits per heavy atom. The average Bonchev–Trinajstić information content (AvgIpc) is 2.46. The summed E-state index contributed by atoms with van der Waals surface area (Å²) in [5.41, 5.74) is -0.593. The lowest BCUT2D eigenvalue weighted by Crippen LogP contribution is -2.29. The zero-order valence-corrected chi connectivity index (χ0v) is 6.82. The van der Waals surface area contributed by atoms with Crippen LogP contribution in [0.15, 0.2) is 6.20 Å². The van der Waals surface area contributed by atoms with Crippen molar-refractivity contribution in [2.45, 2.75) is 6.43 Å². The highest BCUT2D eigenvalue weighted by Crippen LogP contribution is 2.25. The van der Waals surface area contributed by atoms with E-state index in [0.717, 1.165) is 0 Å². The minimum Gasteiger partial charge on any atom is -0.277 e. The quantitative estimate of drug-likeness (QED) is 0.320. The van der Waals surface area contributed by atoms with Gasteiger partial charge in [0, 0.05) is 7.05 Å². The maximum absolute atomic E-state index is 12.3. The van der Waals surface area contributed by atoms with Crippen LogP contribution in [0, 0.1) is 0 Å². The molecule has 1 aromatic rings. The molecule has 0 radical (unpaired) electrons. The van der Waals surface area contributed by atoms with Crippen molar-refractivity contribution in [3.05, 3.63) is 11.9 Å². The summed E-state index contributed by atoms with van der Waals surface area (Å²) in [5, 5.41) is 4.03. The molecule has 1 aromatic heterocycles. The van der Waals surface area contributed by atoms with Crippen LogP contribution < -0.4 is 10.9 Å². The Labute approximate surface area is 72.7 Å². The lowest BCUT2D eigenvalue weighted by Gasteiger charge is -2.08. The summed E-state index contributed by atoms with van der Waals surface area (Å²) in [4.78, 5) is 10.2. The third-order valence-corrected chi connectivity index (χ3v) is 1.44. The van der Waals surface area contributed by atoms with Crippen LogP contribution in [0.5, 0.6) is 0 Å². The molecule has 2 N–H and O–H groups in total. The van der Waals surface area contributed by atoms with Crippen molar-refractivity contribution in [2.75, 3.05) is 5.01 Å². The summed E-state index contributed by atoms with van der Waals surface area (Å²) in [6, 6.07) is 0. The van der Waals surface area contributed by atoms with E-state index in [0.29, 0.717) is 5.01 Å². The normalized spacial score (nSPS) is 10.5. The molecule has 7 heteroatoms. The fraction of sp³-hybridized carbons (Fsp3) is 0.333. The fourth-order valence-electron chi connectivity index (χ4n) is 0.904. The average molecular weight is 190 g/mol. The Kier molecular flexibility index (Phi) is 2.57. The molecule has 0 unspecified atom stereocenters. The van der Waals surface area contributed by atoms with Crippen molar-refractivity contribution >= 4 is 12.1 Å². The zero-order chi connectivity index (χ0) is 10.0. The molecular weight excluding hydrogens is 182 g/mol. The second kappa shape index (κ2) is 3.48. The molecule has 0 spiro atoms. The van der Waals surface area contributed by atoms with E-state index in [1.54, 1.807) is 0 Å². The molecule has 72 valence electrons. The molecular formula is C6H8F2N4O. The second-order valence-electron chi connectivity index (χ2n) is 2.39. The van der Waals surface area contributed by atoms with Crippen LogP contribution in [-0.4, -0.2) is 16.2 Å². The first-order valence-corrected chi connectivity index (χ1v) is 3.37. The Bertz CT molecular complexity index is 312. The molecule has 1 amide bonds. The summed E-state index contributed by atoms with van der Waals surface area (Å²) < 4.78 is 25.7. The lowest BCUT2D eigenvalue weighted by molar-refractivity contribution is -0.107. The van der Waals surface area contributed by atoms with E-state index in [9.17, 15) is 13.6 Å². The minimum atomic E-state index is -2.75. The van der Waals surface area contributed by atoms with Gasteiger partial charge in [-0.1, -0.05) is 0 Å². The highest BCUT2D eigenvalue weighted by atomic mass is 19.3. The van der Waals surface area contributed by atoms with Gasteiger partial charge in [0.2, 0.25) is 6.41 Å². The first kappa shape index (κ1) is 9.59. The van der Waals surface area contributed by atoms with E-state index in [1.165, 1.54) is 17.9 Å². The Morgan fingerprint density at radius 3 is 2.85 bits per heavy atom. The van der Waals surface area contributed by atoms with Gasteiger partial charge in [0.15, 0.2) is 5.69 Å². The molecule has 0 saturated heterocycles. The predicted octanol–water partition coefficient (Wildman–Crippen LogP) is 0.194. The standard InChI is InChI=1S/C6H8F2N4O/c1-11-2-4(12(9)3-13)5(10-11)6(7)8/h2-3,6H,9H2,1H3. The van der Waals surface area contributed by atoms with Crippen molar-refractivity contribution in [1.29, 1.82) is 0 Å². The Balaban J connectivity index is 3.11. The van der Waals surface area contributed by atoms with Gasteiger partial charge in [-0.05, 0) is 0 Å². The van der Waals surface area contributed by atoms with Crippen molar-refractivity contribution in [3.8, 4) is 0 Å². The number of rotatable bonds is 3. The van der Waals surface area contributed by atoms with Crippen molar-refractivity contribution in [2.24, 2.45) is 12.9 Å². The van der Waals surface area contributed by atoms with Crippen LogP contribution >= 0.6 is 0 Å². The van der Waals surface area contributed by atoms with E-state index in [1.807, 2.05) is 0 Å². The van der Waals surface area contributed by atoms with Gasteiger partial charge in [0.25, 0.3) is 6.43 Å². The van der Waals surface area contributed by atoms with Gasteiger partial charge in [-0.15, -0.1) is 0 Å². The highest BCUT2D eigenvalue weighted by molar-refractivity contribution is 5.74. The van der Waals surface area contributed by atoms with E-state index in [4.69, 9.17) is 5.84 Å². The van der Waals surface area contributed by atoms with Crippen LogP contribution in [0.25, 0.3) is 0 Å². The van der Waals surface area contributed by atoms with Gasteiger partial charge in [-0.3, -0.25) is 9.48 Å². The largest absolute Gasteiger partial charge is 0.284 e. The number of amides is 1. The number of carbonyl (C=O) groups is 1. The number of hydrogen-bond acceptors (Lipinski definition) is 3. The van der Waals surface area contributed by atoms with Gasteiger partial charge >= 0.3 is 0 Å². The molecule has 5 nitrogen and oxygen atoms in total. The molecule has 0 aliphatic rings. The van der Waals surface area contributed by atoms with Crippen LogP contribution in [-0.2, 0) is 11.8 Å². The first-order chi connectivity index (χ1) is 6.06. The topological polar surface area (TPSA) is 64.2 Å². The Morgan fingerprint density at radius 2 is 2.38 bits per heavy atom. The molecule has 0 saturated carbocycles. The minimum absolute atomic E-state index is 0.0903. The van der Waals surface area contributed by atoms with Gasteiger partial charge < -0.3 is 0 Å². The molecule has 0 aromatic carbocycles. The van der Waals surface area contributed by atoms with E-state index in [-0.39, 0.29) is 12.1 Å². The smallest absolute Gasteiger partial charge is 0.277 e. The van der Waals surface area contributed by atoms with Gasteiger partial charge in [-0.25, -0.2) is 19.6 Å². The summed E-state index contributed by atoms with van der Waals surface area (Å²) in [6.07, 6.45) is -1.26. The number of aromatic nitrogens is 2. The number of hydrogen-bond donors (Lipinski definition) is 1. The zero-order valence-electron chi connectivity index (χ0n) is 6.82. The lowest BCUT2D eigenvalue weighted by atomic mass is 10.4. The molecule has 13 heavy (non-hydrogen) atoms. The number of aryl methyl sites for hydroxylation is 1. The summed E-state index contributed by atoms with van der Waals surface area (Å²) in [7, 11) is 1.47. The number of hydrazine groups is 1. The SMILES string of the molecule is Cn1cc(N(N)C=O)c(C(F)F)n1. The fourth-order valence-corrected chi connectivity index (χ4v) is 0.904. The van der Waals surface area contributed by atoms with E-state index < -0.39 is 12.1 Å². The van der Waals surface area contributed by atoms with Gasteiger partial charge in [-0.2, -0.15) is 5.10 Å². The number of carbonyl (C=O) groups excluding carboxylic acids is 1. The summed E-state index contributed by atoms with van der Waals surface area (Å²) >= 11 is 0. The third-order valence-electron chi connectivity index (χ3n) is 1.44. The van der Waals surface area contributed by atoms with Crippen molar-refractivity contribution in [1.82, 2.24) is 9.78 Å². The predicted molar refractivity (Wildman–Crippen MR) is 40.9 cm³/mol. The van der Waals surface area contributed by atoms with Crippen molar-refractivity contribution in [3.63, 3.8) is 0 Å². The number of alkyl halides is 2. The molecule has 0 bridgehead atoms. The maximum atomic E-state index is 12.3. The van der Waals surface area contributed by atoms with Crippen LogP contribution in [0.4, 0.5) is 14.5 Å². The summed E-state index contributed by atoms with van der Waals surface area (Å²) in [6.45, 7) is 0. The van der Waals surface area contributed by atoms with Crippen LogP contribution in [0.2, 0.25) is 0 Å². The number of anilines is 1. The number of halogens is 2. The van der Waals surface area contributed by atoms with Gasteiger partial charge in [0.05, 0.1) is 6.20 Å². The second-order valence-corrected chi connectivity index (χ2v) is 2.39. The Hall–Kier alpha value is -1.50. The monoisotopic (exact) mass is 190 g/mol. The molecule has 0 aliphatic heterocycles. The molecule has 0 fully saturated rings.